The van der Waals surface area contributed by atoms with E-state index >= 15 is 0 Å². The summed E-state index contributed by atoms with van der Waals surface area (Å²) in [5.74, 6) is 4.96. The minimum absolute atomic E-state index is 0.402. The van der Waals surface area contributed by atoms with Gasteiger partial charge in [-0.2, -0.15) is 11.8 Å². The van der Waals surface area contributed by atoms with E-state index in [1.807, 2.05) is 23.5 Å². The number of anilines is 1. The molecule has 1 aromatic rings. The second kappa shape index (κ2) is 5.60. The van der Waals surface area contributed by atoms with Crippen LogP contribution in [0.1, 0.15) is 23.7 Å². The van der Waals surface area contributed by atoms with Crippen LogP contribution in [-0.4, -0.2) is 27.2 Å². The van der Waals surface area contributed by atoms with Crippen LogP contribution in [0.2, 0.25) is 0 Å². The monoisotopic (exact) mass is 319 g/mol. The second-order valence-electron chi connectivity index (χ2n) is 3.52. The van der Waals surface area contributed by atoms with Crippen molar-refractivity contribution in [1.29, 1.82) is 0 Å². The van der Waals surface area contributed by atoms with Gasteiger partial charge in [-0.25, -0.2) is 9.97 Å². The summed E-state index contributed by atoms with van der Waals surface area (Å²) in [4.78, 5) is 8.99. The molecule has 2 rings (SSSR count). The van der Waals surface area contributed by atoms with Crippen LogP contribution in [-0.2, 0) is 6.42 Å². The first-order valence-corrected chi connectivity index (χ1v) is 8.23. The maximum Gasteiger partial charge on any atom is 0.144 e. The Balaban J connectivity index is 2.29. The van der Waals surface area contributed by atoms with Crippen LogP contribution in [0.5, 0.6) is 0 Å². The first-order valence-electron chi connectivity index (χ1n) is 5.23. The van der Waals surface area contributed by atoms with Gasteiger partial charge in [0.15, 0.2) is 0 Å². The summed E-state index contributed by atoms with van der Waals surface area (Å²) in [5.41, 5.74) is 6.90. The zero-order chi connectivity index (χ0) is 11.5. The highest BCUT2D eigenvalue weighted by atomic mass is 79.9. The van der Waals surface area contributed by atoms with E-state index in [9.17, 15) is 0 Å². The molecule has 6 heteroatoms. The van der Waals surface area contributed by atoms with Crippen molar-refractivity contribution in [1.82, 2.24) is 9.97 Å². The van der Waals surface area contributed by atoms with Crippen LogP contribution in [0, 0.1) is 0 Å². The molecule has 0 amide bonds. The number of aromatic nitrogens is 2. The number of thioether (sulfide) groups is 2. The third-order valence-electron chi connectivity index (χ3n) is 2.40. The van der Waals surface area contributed by atoms with Gasteiger partial charge in [0.2, 0.25) is 0 Å². The summed E-state index contributed by atoms with van der Waals surface area (Å²) in [6.07, 6.45) is 0.880. The first kappa shape index (κ1) is 12.5. The van der Waals surface area contributed by atoms with Crippen molar-refractivity contribution in [2.45, 2.75) is 18.6 Å². The molecule has 1 aliphatic heterocycles. The zero-order valence-corrected chi connectivity index (χ0v) is 12.3. The van der Waals surface area contributed by atoms with E-state index < -0.39 is 0 Å². The molecule has 3 nitrogen and oxygen atoms in total. The molecule has 2 N–H and O–H groups in total. The van der Waals surface area contributed by atoms with Crippen molar-refractivity contribution in [2.24, 2.45) is 0 Å². The average Bonchev–Trinajstić information content (AvgIpc) is 2.33. The normalized spacial score (nSPS) is 21.0. The topological polar surface area (TPSA) is 51.8 Å². The average molecular weight is 320 g/mol. The minimum atomic E-state index is 0.402. The molecule has 1 aliphatic rings. The number of rotatable bonds is 2. The standard InChI is InChI=1S/C10H14BrN3S2/c1-2-6-8(11)9(12)14-10(13-6)7-5-15-3-4-16-7/h7H,2-5H2,1H3,(H2,12,13,14). The van der Waals surface area contributed by atoms with E-state index in [0.717, 1.165) is 28.2 Å². The van der Waals surface area contributed by atoms with Crippen LogP contribution >= 0.6 is 39.5 Å². The van der Waals surface area contributed by atoms with Crippen molar-refractivity contribution in [3.8, 4) is 0 Å². The molecule has 1 aromatic heterocycles. The van der Waals surface area contributed by atoms with E-state index in [0.29, 0.717) is 11.1 Å². The number of halogens is 1. The Hall–Kier alpha value is 0.0600. The number of hydrogen-bond acceptors (Lipinski definition) is 5. The summed E-state index contributed by atoms with van der Waals surface area (Å²) < 4.78 is 0.854. The largest absolute Gasteiger partial charge is 0.383 e. The molecule has 0 bridgehead atoms. The number of nitrogens with two attached hydrogens (primary N) is 1. The maximum absolute atomic E-state index is 5.89. The molecule has 0 aliphatic carbocycles. The van der Waals surface area contributed by atoms with E-state index in [4.69, 9.17) is 5.73 Å². The van der Waals surface area contributed by atoms with Gasteiger partial charge in [0.1, 0.15) is 11.6 Å². The molecule has 0 saturated carbocycles. The molecule has 88 valence electrons. The quantitative estimate of drug-likeness (QED) is 0.908. The maximum atomic E-state index is 5.89. The lowest BCUT2D eigenvalue weighted by Crippen LogP contribution is -2.13. The Morgan fingerprint density at radius 2 is 2.25 bits per heavy atom. The van der Waals surface area contributed by atoms with Gasteiger partial charge in [-0.1, -0.05) is 6.92 Å². The van der Waals surface area contributed by atoms with Crippen LogP contribution in [0.3, 0.4) is 0 Å². The predicted molar refractivity (Wildman–Crippen MR) is 76.0 cm³/mol. The lowest BCUT2D eigenvalue weighted by Gasteiger charge is -2.20. The van der Waals surface area contributed by atoms with E-state index in [-0.39, 0.29) is 0 Å². The van der Waals surface area contributed by atoms with Gasteiger partial charge < -0.3 is 5.73 Å². The zero-order valence-electron chi connectivity index (χ0n) is 9.07. The number of nitrogens with zero attached hydrogens (tertiary/aromatic N) is 2. The fourth-order valence-corrected chi connectivity index (χ4v) is 4.60. The van der Waals surface area contributed by atoms with E-state index in [1.165, 1.54) is 11.5 Å². The molecular weight excluding hydrogens is 306 g/mol. The molecule has 1 unspecified atom stereocenters. The molecule has 0 radical (unpaired) electrons. The van der Waals surface area contributed by atoms with Crippen molar-refractivity contribution in [3.63, 3.8) is 0 Å². The summed E-state index contributed by atoms with van der Waals surface area (Å²) in [7, 11) is 0. The van der Waals surface area contributed by atoms with Gasteiger partial charge in [0, 0.05) is 17.3 Å². The molecule has 1 saturated heterocycles. The SMILES string of the molecule is CCc1nc(C2CSCCS2)nc(N)c1Br. The third-order valence-corrected chi connectivity index (χ3v) is 6.02. The Morgan fingerprint density at radius 3 is 2.88 bits per heavy atom. The molecule has 1 fully saturated rings. The van der Waals surface area contributed by atoms with Gasteiger partial charge in [0.25, 0.3) is 0 Å². The van der Waals surface area contributed by atoms with Crippen molar-refractivity contribution in [2.75, 3.05) is 23.0 Å². The highest BCUT2D eigenvalue weighted by Gasteiger charge is 2.21. The van der Waals surface area contributed by atoms with Crippen molar-refractivity contribution in [3.05, 3.63) is 16.0 Å². The molecule has 2 heterocycles. The molecule has 0 spiro atoms. The summed E-state index contributed by atoms with van der Waals surface area (Å²) >= 11 is 7.34. The van der Waals surface area contributed by atoms with Crippen LogP contribution in [0.15, 0.2) is 4.47 Å². The lowest BCUT2D eigenvalue weighted by atomic mass is 10.3. The molecular formula is C10H14BrN3S2. The fourth-order valence-electron chi connectivity index (χ4n) is 1.55. The van der Waals surface area contributed by atoms with Crippen LogP contribution in [0.25, 0.3) is 0 Å². The van der Waals surface area contributed by atoms with E-state index in [2.05, 4.69) is 32.8 Å². The number of hydrogen-bond donors (Lipinski definition) is 1. The van der Waals surface area contributed by atoms with Crippen LogP contribution in [0.4, 0.5) is 5.82 Å². The smallest absolute Gasteiger partial charge is 0.144 e. The van der Waals surface area contributed by atoms with E-state index in [1.54, 1.807) is 0 Å². The Kier molecular flexibility index (Phi) is 4.38. The van der Waals surface area contributed by atoms with Crippen LogP contribution < -0.4 is 5.73 Å². The molecule has 1 atom stereocenters. The Bertz CT molecular complexity index is 381. The predicted octanol–water partition coefficient (Wildman–Crippen LogP) is 2.90. The highest BCUT2D eigenvalue weighted by molar-refractivity contribution is 9.10. The fraction of sp³-hybridized carbons (Fsp3) is 0.600. The van der Waals surface area contributed by atoms with Gasteiger partial charge in [-0.15, -0.1) is 11.8 Å². The van der Waals surface area contributed by atoms with Gasteiger partial charge >= 0.3 is 0 Å². The van der Waals surface area contributed by atoms with Crippen molar-refractivity contribution < 1.29 is 0 Å². The van der Waals surface area contributed by atoms with Gasteiger partial charge in [-0.3, -0.25) is 0 Å². The van der Waals surface area contributed by atoms with Crippen molar-refractivity contribution >= 4 is 45.3 Å². The molecule has 16 heavy (non-hydrogen) atoms. The Labute approximate surface area is 113 Å². The summed E-state index contributed by atoms with van der Waals surface area (Å²) in [5, 5.41) is 0.402. The highest BCUT2D eigenvalue weighted by Crippen LogP contribution is 2.36. The van der Waals surface area contributed by atoms with Gasteiger partial charge in [-0.05, 0) is 22.4 Å². The minimum Gasteiger partial charge on any atom is -0.383 e. The second-order valence-corrected chi connectivity index (χ2v) is 6.77. The number of nitrogen functional groups attached to an aromatic ring is 1. The summed E-state index contributed by atoms with van der Waals surface area (Å²) in [6, 6.07) is 0. The lowest BCUT2D eigenvalue weighted by molar-refractivity contribution is 0.875. The molecule has 0 aromatic carbocycles. The third kappa shape index (κ3) is 2.65. The first-order chi connectivity index (χ1) is 7.72. The summed E-state index contributed by atoms with van der Waals surface area (Å²) in [6.45, 7) is 2.08. The number of aryl methyl sites for hydroxylation is 1. The Morgan fingerprint density at radius 1 is 1.44 bits per heavy atom. The van der Waals surface area contributed by atoms with Gasteiger partial charge in [0.05, 0.1) is 15.4 Å².